The summed E-state index contributed by atoms with van der Waals surface area (Å²) in [5, 5.41) is 0.620. The van der Waals surface area contributed by atoms with Crippen LogP contribution in [0.4, 0.5) is 0 Å². The van der Waals surface area contributed by atoms with Gasteiger partial charge in [0.15, 0.2) is 11.2 Å². The predicted molar refractivity (Wildman–Crippen MR) is 124 cm³/mol. The van der Waals surface area contributed by atoms with Gasteiger partial charge in [-0.15, -0.1) is 0 Å². The Hall–Kier alpha value is -3.62. The Morgan fingerprint density at radius 2 is 1.75 bits per heavy atom. The van der Waals surface area contributed by atoms with Crippen molar-refractivity contribution < 1.29 is 4.74 Å². The number of rotatable bonds is 5. The topological polar surface area (TPSA) is 75.5 Å². The fraction of sp³-hybridized carbons (Fsp3) is 0.174. The number of ether oxygens (including phenoxy) is 1. The molecule has 9 heteroatoms. The number of nitrogens with zero attached hydrogens (tertiary/aromatic N) is 5. The monoisotopic (exact) mass is 449 g/mol. The van der Waals surface area contributed by atoms with Crippen LogP contribution in [0.5, 0.6) is 0 Å². The Kier molecular flexibility index (Phi) is 4.96. The summed E-state index contributed by atoms with van der Waals surface area (Å²) < 4.78 is 11.4. The summed E-state index contributed by atoms with van der Waals surface area (Å²) in [6.45, 7) is 0.415. The van der Waals surface area contributed by atoms with Crippen LogP contribution in [0.15, 0.2) is 70.4 Å². The van der Waals surface area contributed by atoms with Crippen molar-refractivity contribution in [2.75, 3.05) is 13.7 Å². The lowest BCUT2D eigenvalue weighted by Crippen LogP contribution is -2.40. The van der Waals surface area contributed by atoms with Gasteiger partial charge in [-0.05, 0) is 24.3 Å². The van der Waals surface area contributed by atoms with Gasteiger partial charge in [-0.25, -0.2) is 4.79 Å². The molecule has 0 bridgehead atoms. The maximum absolute atomic E-state index is 13.3. The number of aryl methyl sites for hydroxylation is 1. The average molecular weight is 450 g/mol. The lowest BCUT2D eigenvalue weighted by atomic mass is 10.1. The van der Waals surface area contributed by atoms with Crippen LogP contribution < -0.4 is 11.2 Å². The van der Waals surface area contributed by atoms with Gasteiger partial charge in [0, 0.05) is 36.6 Å². The minimum Gasteiger partial charge on any atom is -0.383 e. The normalized spacial score (nSPS) is 11.6. The second kappa shape index (κ2) is 7.81. The number of hydrogen-bond acceptors (Lipinski definition) is 4. The number of benzene rings is 2. The zero-order valence-electron chi connectivity index (χ0n) is 17.5. The number of hydrogen-bond donors (Lipinski definition) is 0. The third-order valence-electron chi connectivity index (χ3n) is 5.52. The molecule has 0 atom stereocenters. The van der Waals surface area contributed by atoms with Crippen LogP contribution in [0, 0.1) is 0 Å². The molecule has 3 heterocycles. The van der Waals surface area contributed by atoms with E-state index in [-0.39, 0.29) is 13.2 Å². The van der Waals surface area contributed by atoms with Crippen LogP contribution >= 0.6 is 11.6 Å². The first-order valence-electron chi connectivity index (χ1n) is 10.0. The third-order valence-corrected chi connectivity index (χ3v) is 5.78. The Balaban J connectivity index is 1.90. The zero-order valence-corrected chi connectivity index (χ0v) is 18.3. The van der Waals surface area contributed by atoms with Crippen LogP contribution in [0.25, 0.3) is 33.9 Å². The Morgan fingerprint density at radius 1 is 1.03 bits per heavy atom. The van der Waals surface area contributed by atoms with Crippen molar-refractivity contribution >= 4 is 28.5 Å². The molecule has 0 aliphatic heterocycles. The third kappa shape index (κ3) is 3.07. The fourth-order valence-corrected chi connectivity index (χ4v) is 4.06. The molecule has 3 aromatic heterocycles. The Morgan fingerprint density at radius 3 is 2.44 bits per heavy atom. The molecule has 0 spiro atoms. The summed E-state index contributed by atoms with van der Waals surface area (Å²) in [6, 6.07) is 17.2. The summed E-state index contributed by atoms with van der Waals surface area (Å²) in [4.78, 5) is 30.8. The summed E-state index contributed by atoms with van der Waals surface area (Å²) in [5.74, 6) is 0.526. The fourth-order valence-electron chi connectivity index (χ4n) is 3.93. The van der Waals surface area contributed by atoms with Gasteiger partial charge in [-0.1, -0.05) is 41.9 Å². The average Bonchev–Trinajstić information content (AvgIpc) is 3.35. The molecule has 0 unspecified atom stereocenters. The van der Waals surface area contributed by atoms with Crippen molar-refractivity contribution in [3.8, 4) is 16.9 Å². The molecular formula is C23H20ClN5O3. The number of halogens is 1. The molecule has 0 saturated carbocycles. The molecule has 0 N–H and O–H groups in total. The van der Waals surface area contributed by atoms with E-state index >= 15 is 0 Å². The van der Waals surface area contributed by atoms with E-state index in [9.17, 15) is 9.59 Å². The molecule has 2 aromatic carbocycles. The Bertz CT molecular complexity index is 1560. The van der Waals surface area contributed by atoms with Crippen molar-refractivity contribution in [1.82, 2.24) is 23.1 Å². The quantitative estimate of drug-likeness (QED) is 0.413. The summed E-state index contributed by atoms with van der Waals surface area (Å²) in [7, 11) is 3.15. The van der Waals surface area contributed by atoms with E-state index in [0.717, 1.165) is 16.9 Å². The molecule has 0 saturated heterocycles. The van der Waals surface area contributed by atoms with E-state index in [0.29, 0.717) is 22.0 Å². The molecule has 8 nitrogen and oxygen atoms in total. The van der Waals surface area contributed by atoms with E-state index in [1.165, 1.54) is 16.2 Å². The lowest BCUT2D eigenvalue weighted by molar-refractivity contribution is 0.184. The van der Waals surface area contributed by atoms with Gasteiger partial charge >= 0.3 is 5.69 Å². The minimum atomic E-state index is -0.429. The standard InChI is InChI=1S/C23H20ClN5O3/c1-26-20-19(21(30)27(23(26)31)12-13-32-2)28-14-18(15-6-4-3-5-7-15)29(22(28)25-20)17-10-8-16(24)9-11-17/h3-11,14H,12-13H2,1-2H3. The molecule has 32 heavy (non-hydrogen) atoms. The number of methoxy groups -OCH3 is 1. The van der Waals surface area contributed by atoms with Crippen LogP contribution in [-0.2, 0) is 18.3 Å². The highest BCUT2D eigenvalue weighted by molar-refractivity contribution is 6.30. The summed E-state index contributed by atoms with van der Waals surface area (Å²) in [5.41, 5.74) is 2.49. The first-order valence-corrected chi connectivity index (χ1v) is 10.4. The van der Waals surface area contributed by atoms with Gasteiger partial charge in [0.1, 0.15) is 0 Å². The summed E-state index contributed by atoms with van der Waals surface area (Å²) in [6.07, 6.45) is 1.88. The van der Waals surface area contributed by atoms with Gasteiger partial charge in [0.2, 0.25) is 5.78 Å². The van der Waals surface area contributed by atoms with Gasteiger partial charge < -0.3 is 4.74 Å². The van der Waals surface area contributed by atoms with Crippen molar-refractivity contribution in [3.05, 3.63) is 86.7 Å². The van der Waals surface area contributed by atoms with E-state index in [2.05, 4.69) is 0 Å². The molecule has 5 aromatic rings. The highest BCUT2D eigenvalue weighted by Crippen LogP contribution is 2.29. The first kappa shape index (κ1) is 20.3. The second-order valence-corrected chi connectivity index (χ2v) is 7.87. The maximum atomic E-state index is 13.3. The van der Waals surface area contributed by atoms with Crippen molar-refractivity contribution in [2.45, 2.75) is 6.54 Å². The van der Waals surface area contributed by atoms with Gasteiger partial charge in [0.25, 0.3) is 5.56 Å². The van der Waals surface area contributed by atoms with Crippen molar-refractivity contribution in [2.24, 2.45) is 7.05 Å². The van der Waals surface area contributed by atoms with Crippen LogP contribution in [0.3, 0.4) is 0 Å². The van der Waals surface area contributed by atoms with Crippen LogP contribution in [-0.4, -0.2) is 36.8 Å². The highest BCUT2D eigenvalue weighted by Gasteiger charge is 2.22. The molecule has 0 aliphatic carbocycles. The van der Waals surface area contributed by atoms with Crippen molar-refractivity contribution in [3.63, 3.8) is 0 Å². The van der Waals surface area contributed by atoms with E-state index < -0.39 is 11.2 Å². The van der Waals surface area contributed by atoms with Gasteiger partial charge in [-0.3, -0.25) is 22.9 Å². The van der Waals surface area contributed by atoms with E-state index in [4.69, 9.17) is 21.3 Å². The minimum absolute atomic E-state index is 0.161. The van der Waals surface area contributed by atoms with Crippen LogP contribution in [0.1, 0.15) is 0 Å². The Labute approximate surface area is 187 Å². The molecule has 5 rings (SSSR count). The smallest absolute Gasteiger partial charge is 0.332 e. The van der Waals surface area contributed by atoms with E-state index in [1.54, 1.807) is 23.6 Å². The lowest BCUT2D eigenvalue weighted by Gasteiger charge is -2.09. The zero-order chi connectivity index (χ0) is 22.4. The molecular weight excluding hydrogens is 430 g/mol. The van der Waals surface area contributed by atoms with Gasteiger partial charge in [0.05, 0.1) is 18.8 Å². The SMILES string of the molecule is COCCn1c(=O)c2c(nc3n(-c4ccc(Cl)cc4)c(-c4ccccc4)cn23)n(C)c1=O. The highest BCUT2D eigenvalue weighted by atomic mass is 35.5. The summed E-state index contributed by atoms with van der Waals surface area (Å²) >= 11 is 6.11. The second-order valence-electron chi connectivity index (χ2n) is 7.44. The number of aromatic nitrogens is 5. The molecule has 0 aliphatic rings. The van der Waals surface area contributed by atoms with Crippen LogP contribution in [0.2, 0.25) is 5.02 Å². The van der Waals surface area contributed by atoms with E-state index in [1.807, 2.05) is 53.2 Å². The predicted octanol–water partition coefficient (Wildman–Crippen LogP) is 3.11. The number of imidazole rings is 2. The van der Waals surface area contributed by atoms with Gasteiger partial charge in [-0.2, -0.15) is 4.98 Å². The largest absolute Gasteiger partial charge is 0.383 e. The maximum Gasteiger partial charge on any atom is 0.332 e. The molecule has 0 radical (unpaired) electrons. The first-order chi connectivity index (χ1) is 15.5. The molecule has 162 valence electrons. The number of fused-ring (bicyclic) bond motifs is 3. The molecule has 0 fully saturated rings. The molecule has 0 amide bonds. The van der Waals surface area contributed by atoms with Crippen molar-refractivity contribution in [1.29, 1.82) is 0 Å².